The third-order valence-corrected chi connectivity index (χ3v) is 1.27. The third-order valence-electron chi connectivity index (χ3n) is 1.27. The van der Waals surface area contributed by atoms with Crippen LogP contribution in [0.5, 0.6) is 0 Å². The van der Waals surface area contributed by atoms with Crippen LogP contribution in [-0.2, 0) is 10.2 Å². The molecule has 17 heavy (non-hydrogen) atoms. The summed E-state index contributed by atoms with van der Waals surface area (Å²) in [5.41, 5.74) is 0. The molecule has 0 atom stereocenters. The van der Waals surface area contributed by atoms with Crippen LogP contribution in [0.25, 0.3) is 0 Å². The second-order valence-corrected chi connectivity index (χ2v) is 16.6. The molecule has 0 aromatic carbocycles. The average molecular weight is 357 g/mol. The Morgan fingerprint density at radius 3 is 1.24 bits per heavy atom. The summed E-state index contributed by atoms with van der Waals surface area (Å²) in [6, 6.07) is 0. The van der Waals surface area contributed by atoms with E-state index in [2.05, 4.69) is 19.9 Å². The molecule has 0 fully saturated rings. The van der Waals surface area contributed by atoms with Crippen molar-refractivity contribution < 1.29 is 10.2 Å². The molecule has 0 unspecified atom stereocenters. The number of imidazole rings is 2. The molecule has 0 bridgehead atoms. The van der Waals surface area contributed by atoms with Crippen molar-refractivity contribution in [3.8, 4) is 0 Å². The summed E-state index contributed by atoms with van der Waals surface area (Å²) >= 11 is 0. The first-order valence-corrected chi connectivity index (χ1v) is 12.1. The maximum absolute atomic E-state index is 5.00. The molecular formula is C8H12Cl4N4V. The summed E-state index contributed by atoms with van der Waals surface area (Å²) in [6.07, 6.45) is 7.06. The predicted molar refractivity (Wildman–Crippen MR) is 70.1 cm³/mol. The Bertz CT molecular complexity index is 332. The SMILES string of the molecule is Cc1ncc[nH]1.Cc1ncc[nH]1.[Cl][V]([Cl])([Cl])[Cl]. The molecule has 0 spiro atoms. The van der Waals surface area contributed by atoms with E-state index in [9.17, 15) is 0 Å². The van der Waals surface area contributed by atoms with Gasteiger partial charge in [0.2, 0.25) is 0 Å². The third kappa shape index (κ3) is 16.2. The molecule has 0 radical (unpaired) electrons. The first-order chi connectivity index (χ1) is 7.79. The summed E-state index contributed by atoms with van der Waals surface area (Å²) in [4.78, 5) is 13.5. The number of halogens is 4. The van der Waals surface area contributed by atoms with Crippen molar-refractivity contribution in [3.05, 3.63) is 36.4 Å². The Morgan fingerprint density at radius 2 is 1.18 bits per heavy atom. The molecule has 0 aliphatic rings. The van der Waals surface area contributed by atoms with Crippen LogP contribution in [0, 0.1) is 13.8 Å². The topological polar surface area (TPSA) is 57.4 Å². The van der Waals surface area contributed by atoms with E-state index in [0.717, 1.165) is 11.6 Å². The van der Waals surface area contributed by atoms with Gasteiger partial charge in [0.1, 0.15) is 11.6 Å². The number of aromatic amines is 2. The Hall–Kier alpha value is 0.164. The molecule has 0 saturated heterocycles. The van der Waals surface area contributed by atoms with Crippen molar-refractivity contribution in [1.29, 1.82) is 0 Å². The fourth-order valence-electron chi connectivity index (χ4n) is 0.688. The van der Waals surface area contributed by atoms with E-state index in [0.29, 0.717) is 0 Å². The summed E-state index contributed by atoms with van der Waals surface area (Å²) in [7, 11) is 17.0. The molecule has 0 amide bonds. The molecule has 0 saturated carbocycles. The molecule has 2 heterocycles. The van der Waals surface area contributed by atoms with Gasteiger partial charge in [-0.3, -0.25) is 0 Å². The summed E-state index contributed by atoms with van der Waals surface area (Å²) in [5.74, 6) is 1.94. The van der Waals surface area contributed by atoms with E-state index in [1.54, 1.807) is 24.8 Å². The van der Waals surface area contributed by atoms with Crippen molar-refractivity contribution in [3.63, 3.8) is 0 Å². The zero-order chi connectivity index (χ0) is 13.3. The summed E-state index contributed by atoms with van der Waals surface area (Å²) < 4.78 is 0. The number of aromatic nitrogens is 4. The van der Waals surface area contributed by atoms with Gasteiger partial charge >= 0.3 is 49.6 Å². The second kappa shape index (κ2) is 9.14. The monoisotopic (exact) mass is 355 g/mol. The van der Waals surface area contributed by atoms with Gasteiger partial charge in [-0.1, -0.05) is 0 Å². The Balaban J connectivity index is 0.000000228. The number of nitrogens with zero attached hydrogens (tertiary/aromatic N) is 2. The van der Waals surface area contributed by atoms with Crippen LogP contribution in [0.2, 0.25) is 0 Å². The molecule has 4 nitrogen and oxygen atoms in total. The van der Waals surface area contributed by atoms with E-state index in [-0.39, 0.29) is 0 Å². The number of rotatable bonds is 0. The van der Waals surface area contributed by atoms with Gasteiger partial charge < -0.3 is 9.97 Å². The van der Waals surface area contributed by atoms with Gasteiger partial charge in [-0.15, -0.1) is 0 Å². The van der Waals surface area contributed by atoms with Crippen LogP contribution < -0.4 is 0 Å². The molecule has 2 aromatic heterocycles. The maximum atomic E-state index is 5.00. The van der Waals surface area contributed by atoms with Crippen molar-refractivity contribution in [2.45, 2.75) is 13.8 Å². The normalized spacial score (nSPS) is 9.76. The van der Waals surface area contributed by atoms with Crippen LogP contribution in [0.3, 0.4) is 0 Å². The summed E-state index contributed by atoms with van der Waals surface area (Å²) in [6.45, 7) is 3.83. The molecular weight excluding hydrogens is 345 g/mol. The van der Waals surface area contributed by atoms with E-state index >= 15 is 0 Å². The van der Waals surface area contributed by atoms with Crippen molar-refractivity contribution in [1.82, 2.24) is 19.9 Å². The molecule has 0 aliphatic heterocycles. The van der Waals surface area contributed by atoms with Crippen molar-refractivity contribution in [2.24, 2.45) is 0 Å². The second-order valence-electron chi connectivity index (χ2n) is 2.73. The van der Waals surface area contributed by atoms with E-state index in [1.165, 1.54) is 0 Å². The molecule has 0 aliphatic carbocycles. The fourth-order valence-corrected chi connectivity index (χ4v) is 0.688. The average Bonchev–Trinajstić information content (AvgIpc) is 2.76. The Labute approximate surface area is 119 Å². The minimum atomic E-state index is -2.99. The number of hydrogen-bond donors (Lipinski definition) is 2. The number of H-pyrrole nitrogens is 2. The quantitative estimate of drug-likeness (QED) is 0.743. The molecule has 97 valence electrons. The van der Waals surface area contributed by atoms with Gasteiger partial charge in [-0.25, -0.2) is 9.97 Å². The van der Waals surface area contributed by atoms with Crippen molar-refractivity contribution in [2.75, 3.05) is 0 Å². The Morgan fingerprint density at radius 1 is 0.882 bits per heavy atom. The van der Waals surface area contributed by atoms with E-state index < -0.39 is 10.2 Å². The van der Waals surface area contributed by atoms with Crippen LogP contribution in [0.4, 0.5) is 0 Å². The van der Waals surface area contributed by atoms with E-state index in [4.69, 9.17) is 39.4 Å². The standard InChI is InChI=1S/2C4H6N2.4ClH.V/c2*1-4-5-2-3-6-4;;;;;/h2*2-3H,1H3,(H,5,6);4*1H;/q;;;;;;+4/p-4. The van der Waals surface area contributed by atoms with Crippen LogP contribution in [0.1, 0.15) is 11.6 Å². The predicted octanol–water partition coefficient (Wildman–Crippen LogP) is 4.19. The zero-order valence-electron chi connectivity index (χ0n) is 9.16. The van der Waals surface area contributed by atoms with Crippen LogP contribution in [-0.4, -0.2) is 19.9 Å². The number of nitrogens with one attached hydrogen (secondary N) is 2. The zero-order valence-corrected chi connectivity index (χ0v) is 13.6. The number of aryl methyl sites for hydroxylation is 2. The van der Waals surface area contributed by atoms with Gasteiger partial charge in [0.25, 0.3) is 0 Å². The number of hydrogen-bond acceptors (Lipinski definition) is 2. The fraction of sp³-hybridized carbons (Fsp3) is 0.250. The van der Waals surface area contributed by atoms with Gasteiger partial charge in [-0.2, -0.15) is 0 Å². The van der Waals surface area contributed by atoms with E-state index in [1.807, 2.05) is 13.8 Å². The van der Waals surface area contributed by atoms with Crippen LogP contribution in [0.15, 0.2) is 24.8 Å². The first-order valence-electron chi connectivity index (χ1n) is 4.38. The summed E-state index contributed by atoms with van der Waals surface area (Å²) in [5, 5.41) is 0. The van der Waals surface area contributed by atoms with Gasteiger partial charge in [0.05, 0.1) is 0 Å². The Kier molecular flexibility index (Phi) is 9.23. The molecule has 9 heteroatoms. The molecule has 2 N–H and O–H groups in total. The van der Waals surface area contributed by atoms with Crippen LogP contribution >= 0.6 is 39.4 Å². The molecule has 2 rings (SSSR count). The van der Waals surface area contributed by atoms with Gasteiger partial charge in [-0.05, 0) is 13.8 Å². The van der Waals surface area contributed by atoms with Gasteiger partial charge in [0, 0.05) is 24.8 Å². The first kappa shape index (κ1) is 17.2. The minimum absolute atomic E-state index is 0.968. The van der Waals surface area contributed by atoms with Gasteiger partial charge in [0.15, 0.2) is 0 Å². The molecule has 2 aromatic rings. The van der Waals surface area contributed by atoms with Crippen molar-refractivity contribution >= 4 is 39.4 Å².